The summed E-state index contributed by atoms with van der Waals surface area (Å²) in [6.45, 7) is 0.992. The van der Waals surface area contributed by atoms with Gasteiger partial charge in [-0.2, -0.15) is 11.8 Å². The van der Waals surface area contributed by atoms with Crippen LogP contribution in [0.3, 0.4) is 0 Å². The number of hydrogen-bond donors (Lipinski definition) is 2. The molecule has 1 aliphatic rings. The minimum atomic E-state index is 0. The molecule has 7 heteroatoms. The minimum absolute atomic E-state index is 0. The highest BCUT2D eigenvalue weighted by atomic mass is 35.5. The summed E-state index contributed by atoms with van der Waals surface area (Å²) in [6.07, 6.45) is 5.02. The average Bonchev–Trinajstić information content (AvgIpc) is 2.58. The van der Waals surface area contributed by atoms with Crippen LogP contribution in [0.2, 0.25) is 0 Å². The van der Waals surface area contributed by atoms with Crippen molar-refractivity contribution in [3.05, 3.63) is 59.9 Å². The third-order valence-electron chi connectivity index (χ3n) is 3.83. The molecule has 0 radical (unpaired) electrons. The second kappa shape index (κ2) is 11.4. The molecule has 1 aromatic heterocycles. The first-order valence-electron chi connectivity index (χ1n) is 7.88. The molecule has 3 rings (SSSR count). The molecule has 1 saturated heterocycles. The van der Waals surface area contributed by atoms with Gasteiger partial charge in [-0.1, -0.05) is 12.1 Å². The molecule has 2 aromatic rings. The molecule has 4 nitrogen and oxygen atoms in total. The van der Waals surface area contributed by atoms with Crippen LogP contribution in [0.15, 0.2) is 48.8 Å². The molecule has 1 amide bonds. The van der Waals surface area contributed by atoms with Gasteiger partial charge in [-0.3, -0.25) is 9.78 Å². The number of thioether (sulfide) groups is 1. The van der Waals surface area contributed by atoms with Crippen LogP contribution in [-0.4, -0.2) is 35.0 Å². The summed E-state index contributed by atoms with van der Waals surface area (Å²) < 4.78 is 0. The Morgan fingerprint density at radius 3 is 2.44 bits per heavy atom. The van der Waals surface area contributed by atoms with E-state index in [-0.39, 0.29) is 30.7 Å². The third-order valence-corrected chi connectivity index (χ3v) is 4.96. The first-order chi connectivity index (χ1) is 11.3. The smallest absolute Gasteiger partial charge is 0.225 e. The topological polar surface area (TPSA) is 54.0 Å². The van der Waals surface area contributed by atoms with Gasteiger partial charge in [0.25, 0.3) is 0 Å². The maximum atomic E-state index is 12.1. The van der Waals surface area contributed by atoms with Gasteiger partial charge in [0.15, 0.2) is 0 Å². The lowest BCUT2D eigenvalue weighted by molar-refractivity contribution is -0.116. The van der Waals surface area contributed by atoms with Crippen molar-refractivity contribution in [2.45, 2.75) is 18.9 Å². The Hall–Kier alpha value is -1.27. The van der Waals surface area contributed by atoms with Gasteiger partial charge in [0.05, 0.1) is 0 Å². The first-order valence-corrected chi connectivity index (χ1v) is 9.04. The number of carbonyl (C=O) groups is 1. The number of rotatable bonds is 5. The fourth-order valence-corrected chi connectivity index (χ4v) is 3.58. The lowest BCUT2D eigenvalue weighted by Crippen LogP contribution is -2.39. The van der Waals surface area contributed by atoms with Gasteiger partial charge < -0.3 is 10.6 Å². The quantitative estimate of drug-likeness (QED) is 0.806. The van der Waals surface area contributed by atoms with Gasteiger partial charge in [-0.05, 0) is 41.8 Å². The number of hydrogen-bond acceptors (Lipinski definition) is 4. The summed E-state index contributed by atoms with van der Waals surface area (Å²) in [7, 11) is 0. The van der Waals surface area contributed by atoms with E-state index in [9.17, 15) is 4.79 Å². The fourth-order valence-electron chi connectivity index (χ4n) is 2.63. The molecule has 2 N–H and O–H groups in total. The van der Waals surface area contributed by atoms with Gasteiger partial charge in [0, 0.05) is 48.6 Å². The molecule has 0 spiro atoms. The second-order valence-electron chi connectivity index (χ2n) is 5.71. The van der Waals surface area contributed by atoms with Crippen molar-refractivity contribution in [2.24, 2.45) is 0 Å². The van der Waals surface area contributed by atoms with E-state index in [1.54, 1.807) is 0 Å². The van der Waals surface area contributed by atoms with Crippen LogP contribution in [-0.2, 0) is 11.2 Å². The molecule has 136 valence electrons. The highest BCUT2D eigenvalue weighted by Crippen LogP contribution is 2.15. The average molecular weight is 400 g/mol. The van der Waals surface area contributed by atoms with E-state index < -0.39 is 0 Å². The second-order valence-corrected chi connectivity index (χ2v) is 6.86. The van der Waals surface area contributed by atoms with E-state index in [0.717, 1.165) is 30.2 Å². The van der Waals surface area contributed by atoms with Crippen LogP contribution < -0.4 is 10.6 Å². The highest BCUT2D eigenvalue weighted by Gasteiger charge is 2.16. The molecule has 1 unspecified atom stereocenters. The Bertz CT molecular complexity index is 635. The van der Waals surface area contributed by atoms with Gasteiger partial charge in [-0.15, -0.1) is 24.8 Å². The van der Waals surface area contributed by atoms with E-state index >= 15 is 0 Å². The van der Waals surface area contributed by atoms with Gasteiger partial charge in [0.1, 0.15) is 0 Å². The molecular weight excluding hydrogens is 377 g/mol. The monoisotopic (exact) mass is 399 g/mol. The molecule has 1 aromatic carbocycles. The van der Waals surface area contributed by atoms with Crippen molar-refractivity contribution >= 4 is 48.2 Å². The molecule has 2 heterocycles. The normalized spacial score (nSPS) is 16.2. The van der Waals surface area contributed by atoms with E-state index in [0.29, 0.717) is 12.5 Å². The Morgan fingerprint density at radius 1 is 1.12 bits per heavy atom. The number of halogens is 2. The molecule has 0 saturated carbocycles. The van der Waals surface area contributed by atoms with E-state index in [4.69, 9.17) is 0 Å². The van der Waals surface area contributed by atoms with Crippen molar-refractivity contribution in [3.8, 4) is 0 Å². The molecule has 25 heavy (non-hydrogen) atoms. The van der Waals surface area contributed by atoms with E-state index in [1.165, 1.54) is 11.1 Å². The molecule has 0 bridgehead atoms. The predicted molar refractivity (Wildman–Crippen MR) is 110 cm³/mol. The van der Waals surface area contributed by atoms with Crippen LogP contribution in [0, 0.1) is 0 Å². The lowest BCUT2D eigenvalue weighted by atomic mass is 10.1. The number of nitrogens with zero attached hydrogens (tertiary/aromatic N) is 1. The predicted octanol–water partition coefficient (Wildman–Crippen LogP) is 3.55. The Kier molecular flexibility index (Phi) is 9.90. The molecule has 0 aliphatic carbocycles. The lowest BCUT2D eigenvalue weighted by Gasteiger charge is -2.22. The maximum Gasteiger partial charge on any atom is 0.225 e. The van der Waals surface area contributed by atoms with Gasteiger partial charge in [0.2, 0.25) is 5.91 Å². The SMILES string of the molecule is Cl.Cl.O=C(CC1CSCCN1)Nc1ccc(Cc2ccncc2)cc1. The summed E-state index contributed by atoms with van der Waals surface area (Å²) in [4.78, 5) is 16.1. The number of aromatic nitrogens is 1. The van der Waals surface area contributed by atoms with E-state index in [2.05, 4.69) is 27.8 Å². The summed E-state index contributed by atoms with van der Waals surface area (Å²) >= 11 is 1.91. The van der Waals surface area contributed by atoms with Crippen molar-refractivity contribution in [1.29, 1.82) is 0 Å². The summed E-state index contributed by atoms with van der Waals surface area (Å²) in [5, 5.41) is 6.37. The Balaban J connectivity index is 0.00000156. The van der Waals surface area contributed by atoms with Crippen LogP contribution in [0.4, 0.5) is 5.69 Å². The van der Waals surface area contributed by atoms with Gasteiger partial charge in [-0.25, -0.2) is 0 Å². The number of carbonyl (C=O) groups excluding carboxylic acids is 1. The number of pyridine rings is 1. The highest BCUT2D eigenvalue weighted by molar-refractivity contribution is 7.99. The minimum Gasteiger partial charge on any atom is -0.326 e. The summed E-state index contributed by atoms with van der Waals surface area (Å²) in [5.41, 5.74) is 3.31. The number of amides is 1. The van der Waals surface area contributed by atoms with Gasteiger partial charge >= 0.3 is 0 Å². The summed E-state index contributed by atoms with van der Waals surface area (Å²) in [6, 6.07) is 12.4. The van der Waals surface area contributed by atoms with Crippen molar-refractivity contribution in [1.82, 2.24) is 10.3 Å². The fraction of sp³-hybridized carbons (Fsp3) is 0.333. The zero-order chi connectivity index (χ0) is 15.9. The van der Waals surface area contributed by atoms with Crippen molar-refractivity contribution in [2.75, 3.05) is 23.4 Å². The third kappa shape index (κ3) is 7.24. The number of anilines is 1. The first kappa shape index (κ1) is 21.8. The standard InChI is InChI=1S/C18H21N3OS.2ClH/c22-18(12-17-13-23-10-9-20-17)21-16-3-1-14(2-4-16)11-15-5-7-19-8-6-15;;/h1-8,17,20H,9-13H2,(H,21,22);2*1H. The molecule has 1 aliphatic heterocycles. The van der Waals surface area contributed by atoms with Crippen molar-refractivity contribution in [3.63, 3.8) is 0 Å². The van der Waals surface area contributed by atoms with Crippen LogP contribution in [0.5, 0.6) is 0 Å². The Labute approximate surface area is 165 Å². The molecular formula is C18H23Cl2N3OS. The summed E-state index contributed by atoms with van der Waals surface area (Å²) in [5.74, 6) is 2.22. The molecule has 1 fully saturated rings. The van der Waals surface area contributed by atoms with Crippen molar-refractivity contribution < 1.29 is 4.79 Å². The van der Waals surface area contributed by atoms with Crippen LogP contribution in [0.25, 0.3) is 0 Å². The van der Waals surface area contributed by atoms with E-state index in [1.807, 2.05) is 48.4 Å². The number of nitrogens with one attached hydrogen (secondary N) is 2. The van der Waals surface area contributed by atoms with Crippen LogP contribution >= 0.6 is 36.6 Å². The molecule has 1 atom stereocenters. The maximum absolute atomic E-state index is 12.1. The zero-order valence-electron chi connectivity index (χ0n) is 13.8. The Morgan fingerprint density at radius 2 is 1.80 bits per heavy atom. The number of benzene rings is 1. The van der Waals surface area contributed by atoms with Crippen LogP contribution in [0.1, 0.15) is 17.5 Å². The largest absolute Gasteiger partial charge is 0.326 e. The zero-order valence-corrected chi connectivity index (χ0v) is 16.3.